The van der Waals surface area contributed by atoms with Crippen molar-refractivity contribution in [2.75, 3.05) is 5.32 Å². The predicted molar refractivity (Wildman–Crippen MR) is 112 cm³/mol. The number of hydrogen-bond acceptors (Lipinski definition) is 4. The summed E-state index contributed by atoms with van der Waals surface area (Å²) in [6, 6.07) is 16.5. The van der Waals surface area contributed by atoms with E-state index in [-0.39, 0.29) is 11.5 Å². The zero-order chi connectivity index (χ0) is 19.1. The molecular weight excluding hydrogens is 372 g/mol. The Balaban J connectivity index is 1.48. The summed E-state index contributed by atoms with van der Waals surface area (Å²) >= 11 is 1.35. The number of hydrogen-bond donors (Lipinski definition) is 3. The monoisotopic (exact) mass is 386 g/mol. The van der Waals surface area contributed by atoms with Crippen LogP contribution in [0.4, 0.5) is 5.13 Å². The lowest BCUT2D eigenvalue weighted by Gasteiger charge is -2.05. The predicted octanol–water partition coefficient (Wildman–Crippen LogP) is 4.39. The van der Waals surface area contributed by atoms with E-state index in [4.69, 9.17) is 0 Å². The Hall–Kier alpha value is -3.71. The fourth-order valence-corrected chi connectivity index (χ4v) is 4.00. The number of amides is 1. The van der Waals surface area contributed by atoms with Crippen molar-refractivity contribution in [3.05, 3.63) is 82.1 Å². The highest BCUT2D eigenvalue weighted by atomic mass is 32.1. The average Bonchev–Trinajstić information content (AvgIpc) is 3.33. The Morgan fingerprint density at radius 2 is 1.75 bits per heavy atom. The second kappa shape index (κ2) is 6.47. The van der Waals surface area contributed by atoms with E-state index in [1.54, 1.807) is 12.1 Å². The molecule has 0 saturated carbocycles. The Labute approximate surface area is 162 Å². The van der Waals surface area contributed by atoms with Crippen molar-refractivity contribution < 1.29 is 4.79 Å². The number of pyridine rings is 1. The second-order valence-corrected chi connectivity index (χ2v) is 7.19. The summed E-state index contributed by atoms with van der Waals surface area (Å²) in [5, 5.41) is 6.96. The largest absolute Gasteiger partial charge is 0.360 e. The van der Waals surface area contributed by atoms with Gasteiger partial charge in [-0.1, -0.05) is 36.4 Å². The van der Waals surface area contributed by atoms with Crippen LogP contribution in [0.25, 0.3) is 33.1 Å². The molecule has 3 aromatic heterocycles. The van der Waals surface area contributed by atoms with Crippen molar-refractivity contribution in [1.29, 1.82) is 0 Å². The van der Waals surface area contributed by atoms with Crippen LogP contribution in [0, 0.1) is 0 Å². The van der Waals surface area contributed by atoms with Crippen LogP contribution in [0.3, 0.4) is 0 Å². The third-order valence-corrected chi connectivity index (χ3v) is 5.34. The normalized spacial score (nSPS) is 11.1. The van der Waals surface area contributed by atoms with Gasteiger partial charge in [0.1, 0.15) is 0 Å². The topological polar surface area (TPSA) is 90.6 Å². The number of fused-ring (bicyclic) bond motifs is 2. The van der Waals surface area contributed by atoms with Crippen molar-refractivity contribution in [1.82, 2.24) is 15.0 Å². The molecule has 136 valence electrons. The Kier molecular flexibility index (Phi) is 3.80. The molecule has 6 nitrogen and oxygen atoms in total. The maximum Gasteiger partial charge on any atom is 0.258 e. The van der Waals surface area contributed by atoms with Gasteiger partial charge in [-0.3, -0.25) is 14.9 Å². The minimum atomic E-state index is -0.359. The number of aromatic nitrogens is 3. The lowest BCUT2D eigenvalue weighted by molar-refractivity contribution is 0.102. The molecule has 0 saturated heterocycles. The number of carbonyl (C=O) groups excluding carboxylic acids is 1. The van der Waals surface area contributed by atoms with E-state index in [1.165, 1.54) is 17.4 Å². The first-order chi connectivity index (χ1) is 13.7. The van der Waals surface area contributed by atoms with Gasteiger partial charge in [0.2, 0.25) is 5.56 Å². The number of nitrogens with one attached hydrogen (secondary N) is 3. The van der Waals surface area contributed by atoms with Gasteiger partial charge in [-0.2, -0.15) is 0 Å². The second-order valence-electron chi connectivity index (χ2n) is 6.33. The molecule has 0 aliphatic carbocycles. The molecule has 0 fully saturated rings. The fraction of sp³-hybridized carbons (Fsp3) is 0. The van der Waals surface area contributed by atoms with E-state index in [0.29, 0.717) is 21.6 Å². The Bertz CT molecular complexity index is 1400. The van der Waals surface area contributed by atoms with Crippen molar-refractivity contribution in [2.24, 2.45) is 0 Å². The lowest BCUT2D eigenvalue weighted by atomic mass is 10.1. The molecule has 5 rings (SSSR count). The van der Waals surface area contributed by atoms with E-state index in [9.17, 15) is 9.59 Å². The van der Waals surface area contributed by atoms with Crippen LogP contribution < -0.4 is 10.9 Å². The number of para-hydroxylation sites is 2. The molecule has 0 aliphatic rings. The standard InChI is InChI=1S/C21H14N4O2S/c26-19-9-14(12-5-2-4-8-17(12)23-19)20(27)25-21-24-18(11-28-21)15-10-22-16-7-3-1-6-13(15)16/h1-11,22H,(H,23,26)(H,24,25,27). The van der Waals surface area contributed by atoms with Crippen LogP contribution >= 0.6 is 11.3 Å². The van der Waals surface area contributed by atoms with Crippen molar-refractivity contribution in [2.45, 2.75) is 0 Å². The van der Waals surface area contributed by atoms with E-state index in [1.807, 2.05) is 48.0 Å². The summed E-state index contributed by atoms with van der Waals surface area (Å²) in [6.45, 7) is 0. The van der Waals surface area contributed by atoms with Gasteiger partial charge in [0, 0.05) is 45.0 Å². The molecule has 0 atom stereocenters. The highest BCUT2D eigenvalue weighted by Crippen LogP contribution is 2.31. The molecule has 2 aromatic carbocycles. The number of aromatic amines is 2. The van der Waals surface area contributed by atoms with Crippen LogP contribution in [-0.2, 0) is 0 Å². The summed E-state index contributed by atoms with van der Waals surface area (Å²) in [6.07, 6.45) is 1.91. The first-order valence-corrected chi connectivity index (χ1v) is 9.52. The molecule has 0 spiro atoms. The van der Waals surface area contributed by atoms with Crippen molar-refractivity contribution in [3.8, 4) is 11.3 Å². The molecule has 0 aliphatic heterocycles. The van der Waals surface area contributed by atoms with Gasteiger partial charge in [-0.25, -0.2) is 4.98 Å². The number of H-pyrrole nitrogens is 2. The molecule has 0 bridgehead atoms. The Morgan fingerprint density at radius 1 is 1.00 bits per heavy atom. The van der Waals surface area contributed by atoms with Crippen molar-refractivity contribution in [3.63, 3.8) is 0 Å². The summed E-state index contributed by atoms with van der Waals surface area (Å²) in [4.78, 5) is 35.2. The molecule has 0 radical (unpaired) electrons. The molecule has 0 unspecified atom stereocenters. The van der Waals surface area contributed by atoms with Crippen LogP contribution in [0.15, 0.2) is 71.0 Å². The molecule has 3 N–H and O–H groups in total. The molecule has 28 heavy (non-hydrogen) atoms. The molecule has 1 amide bonds. The number of nitrogens with zero attached hydrogens (tertiary/aromatic N) is 1. The van der Waals surface area contributed by atoms with Crippen LogP contribution in [0.1, 0.15) is 10.4 Å². The van der Waals surface area contributed by atoms with Gasteiger partial charge in [-0.15, -0.1) is 11.3 Å². The maximum absolute atomic E-state index is 12.8. The SMILES string of the molecule is O=C(Nc1nc(-c2c[nH]c3ccccc23)cs1)c1cc(=O)[nH]c2ccccc12. The maximum atomic E-state index is 12.8. The smallest absolute Gasteiger partial charge is 0.258 e. The number of benzene rings is 2. The van der Waals surface area contributed by atoms with E-state index in [0.717, 1.165) is 22.2 Å². The zero-order valence-corrected chi connectivity index (χ0v) is 15.3. The first kappa shape index (κ1) is 16.5. The van der Waals surface area contributed by atoms with Gasteiger partial charge >= 0.3 is 0 Å². The Morgan fingerprint density at radius 3 is 2.61 bits per heavy atom. The third-order valence-electron chi connectivity index (χ3n) is 4.59. The summed E-state index contributed by atoms with van der Waals surface area (Å²) in [7, 11) is 0. The van der Waals surface area contributed by atoms with Crippen LogP contribution in [0.5, 0.6) is 0 Å². The van der Waals surface area contributed by atoms with Crippen molar-refractivity contribution >= 4 is 44.2 Å². The highest BCUT2D eigenvalue weighted by Gasteiger charge is 2.15. The number of carbonyl (C=O) groups is 1. The first-order valence-electron chi connectivity index (χ1n) is 8.64. The van der Waals surface area contributed by atoms with Gasteiger partial charge < -0.3 is 9.97 Å². The molecule has 3 heterocycles. The lowest BCUT2D eigenvalue weighted by Crippen LogP contribution is -2.16. The molecule has 5 aromatic rings. The number of anilines is 1. The minimum absolute atomic E-state index is 0.317. The van der Waals surface area contributed by atoms with E-state index < -0.39 is 0 Å². The molecular formula is C21H14N4O2S. The zero-order valence-electron chi connectivity index (χ0n) is 14.5. The summed E-state index contributed by atoms with van der Waals surface area (Å²) < 4.78 is 0. The fourth-order valence-electron chi connectivity index (χ4n) is 3.30. The number of thiazole rings is 1. The van der Waals surface area contributed by atoms with Gasteiger partial charge in [0.15, 0.2) is 5.13 Å². The quantitative estimate of drug-likeness (QED) is 0.430. The van der Waals surface area contributed by atoms with Gasteiger partial charge in [-0.05, 0) is 12.1 Å². The van der Waals surface area contributed by atoms with Gasteiger partial charge in [0.05, 0.1) is 11.3 Å². The van der Waals surface area contributed by atoms with E-state index in [2.05, 4.69) is 20.3 Å². The number of rotatable bonds is 3. The molecule has 7 heteroatoms. The average molecular weight is 386 g/mol. The minimum Gasteiger partial charge on any atom is -0.360 e. The van der Waals surface area contributed by atoms with E-state index >= 15 is 0 Å². The summed E-state index contributed by atoms with van der Waals surface area (Å²) in [5.41, 5.74) is 3.43. The highest BCUT2D eigenvalue weighted by molar-refractivity contribution is 7.14. The van der Waals surface area contributed by atoms with Crippen LogP contribution in [0.2, 0.25) is 0 Å². The van der Waals surface area contributed by atoms with Gasteiger partial charge in [0.25, 0.3) is 5.91 Å². The van der Waals surface area contributed by atoms with Crippen LogP contribution in [-0.4, -0.2) is 20.9 Å². The third kappa shape index (κ3) is 2.78. The summed E-state index contributed by atoms with van der Waals surface area (Å²) in [5.74, 6) is -0.359.